The minimum absolute atomic E-state index is 0.0422. The van der Waals surface area contributed by atoms with Crippen LogP contribution in [-0.4, -0.2) is 79.1 Å². The summed E-state index contributed by atoms with van der Waals surface area (Å²) in [6.07, 6.45) is 0. The zero-order valence-corrected chi connectivity index (χ0v) is 19.6. The number of ether oxygens (including phenoxy) is 1. The molecule has 174 valence electrons. The van der Waals surface area contributed by atoms with Crippen molar-refractivity contribution < 1.29 is 18.7 Å². The number of carbonyl (C=O) groups excluding carboxylic acids is 2. The molecule has 1 aliphatic heterocycles. The summed E-state index contributed by atoms with van der Waals surface area (Å²) in [5, 5.41) is 12.6. The molecule has 12 heteroatoms. The molecule has 0 spiro atoms. The maximum absolute atomic E-state index is 12.9. The molecule has 0 atom stereocenters. The van der Waals surface area contributed by atoms with Gasteiger partial charge in [-0.3, -0.25) is 9.59 Å². The van der Waals surface area contributed by atoms with Crippen LogP contribution in [0.3, 0.4) is 0 Å². The van der Waals surface area contributed by atoms with Crippen LogP contribution in [-0.2, 0) is 9.53 Å². The Hall–Kier alpha value is -2.96. The molecule has 0 saturated carbocycles. The lowest BCUT2D eigenvalue weighted by molar-refractivity contribution is -0.118. The topological polar surface area (TPSA) is 118 Å². The van der Waals surface area contributed by atoms with E-state index >= 15 is 0 Å². The number of nitrogens with one attached hydrogen (secondary N) is 1. The number of para-hydroxylation sites is 1. The van der Waals surface area contributed by atoms with Gasteiger partial charge in [-0.05, 0) is 12.1 Å². The van der Waals surface area contributed by atoms with Crippen molar-refractivity contribution in [1.29, 1.82) is 0 Å². The molecule has 0 radical (unpaired) electrons. The highest BCUT2D eigenvalue weighted by Gasteiger charge is 2.26. The van der Waals surface area contributed by atoms with Crippen molar-refractivity contribution >= 4 is 51.0 Å². The van der Waals surface area contributed by atoms with Crippen molar-refractivity contribution in [3.63, 3.8) is 0 Å². The number of thioether (sulfide) groups is 1. The summed E-state index contributed by atoms with van der Waals surface area (Å²) >= 11 is 2.75. The highest BCUT2D eigenvalue weighted by atomic mass is 32.2. The average Bonchev–Trinajstić information content (AvgIpc) is 3.31. The maximum Gasteiger partial charge on any atom is 0.349 e. The zero-order chi connectivity index (χ0) is 23.2. The van der Waals surface area contributed by atoms with Gasteiger partial charge in [0.1, 0.15) is 11.1 Å². The van der Waals surface area contributed by atoms with Gasteiger partial charge in [0.05, 0.1) is 12.4 Å². The van der Waals surface area contributed by atoms with Gasteiger partial charge in [-0.2, -0.15) is 0 Å². The number of carbonyl (C=O) groups is 2. The lowest BCUT2D eigenvalue weighted by atomic mass is 10.1. The standard InChI is InChI=1S/C21H23N5O5S2/c1-30-11-6-22-17(27)13-32-21-24-23-20(33-21)26-9-7-25(8-10-26)18(28)15-12-14-4-2-3-5-16(14)31-19(15)29/h2-5,12H,6-11,13H2,1H3,(H,22,27). The summed E-state index contributed by atoms with van der Waals surface area (Å²) in [6, 6.07) is 8.71. The van der Waals surface area contributed by atoms with Crippen LogP contribution in [0.15, 0.2) is 43.9 Å². The van der Waals surface area contributed by atoms with Gasteiger partial charge < -0.3 is 24.3 Å². The number of amides is 2. The molecule has 33 heavy (non-hydrogen) atoms. The second-order valence-electron chi connectivity index (χ2n) is 7.25. The molecule has 1 N–H and O–H groups in total. The zero-order valence-electron chi connectivity index (χ0n) is 18.0. The predicted molar refractivity (Wildman–Crippen MR) is 126 cm³/mol. The molecule has 1 aromatic carbocycles. The third-order valence-corrected chi connectivity index (χ3v) is 7.18. The Balaban J connectivity index is 1.31. The molecule has 0 unspecified atom stereocenters. The Bertz CT molecular complexity index is 1190. The first-order chi connectivity index (χ1) is 16.0. The van der Waals surface area contributed by atoms with Gasteiger partial charge in [0, 0.05) is 45.2 Å². The monoisotopic (exact) mass is 489 g/mol. The molecular weight excluding hydrogens is 466 g/mol. The SMILES string of the molecule is COCCNC(=O)CSc1nnc(N2CCN(C(=O)c3cc4ccccc4oc3=O)CC2)s1. The molecule has 2 amide bonds. The third kappa shape index (κ3) is 5.70. The van der Waals surface area contributed by atoms with Crippen molar-refractivity contribution in [2.75, 3.05) is 57.1 Å². The number of methoxy groups -OCH3 is 1. The molecule has 3 heterocycles. The highest BCUT2D eigenvalue weighted by molar-refractivity contribution is 8.01. The number of benzene rings is 1. The minimum Gasteiger partial charge on any atom is -0.422 e. The fraction of sp³-hybridized carbons (Fsp3) is 0.381. The van der Waals surface area contributed by atoms with E-state index in [-0.39, 0.29) is 23.1 Å². The van der Waals surface area contributed by atoms with Crippen LogP contribution in [0.4, 0.5) is 5.13 Å². The third-order valence-electron chi connectivity index (χ3n) is 5.06. The van der Waals surface area contributed by atoms with E-state index < -0.39 is 5.63 Å². The summed E-state index contributed by atoms with van der Waals surface area (Å²) in [4.78, 5) is 40.7. The van der Waals surface area contributed by atoms with Crippen LogP contribution in [0.5, 0.6) is 0 Å². The van der Waals surface area contributed by atoms with Crippen molar-refractivity contribution in [2.24, 2.45) is 0 Å². The van der Waals surface area contributed by atoms with E-state index in [9.17, 15) is 14.4 Å². The summed E-state index contributed by atoms with van der Waals surface area (Å²) < 4.78 is 10.9. The number of nitrogens with zero attached hydrogens (tertiary/aromatic N) is 4. The average molecular weight is 490 g/mol. The van der Waals surface area contributed by atoms with Gasteiger partial charge in [-0.15, -0.1) is 10.2 Å². The summed E-state index contributed by atoms with van der Waals surface area (Å²) in [6.45, 7) is 2.99. The number of hydrogen-bond donors (Lipinski definition) is 1. The van der Waals surface area contributed by atoms with E-state index in [4.69, 9.17) is 9.15 Å². The molecule has 10 nitrogen and oxygen atoms in total. The summed E-state index contributed by atoms with van der Waals surface area (Å²) in [7, 11) is 1.58. The fourth-order valence-corrected chi connectivity index (χ4v) is 5.06. The van der Waals surface area contributed by atoms with Gasteiger partial charge in [0.2, 0.25) is 11.0 Å². The van der Waals surface area contributed by atoms with Gasteiger partial charge in [0.25, 0.3) is 5.91 Å². The first-order valence-electron chi connectivity index (χ1n) is 10.3. The Morgan fingerprint density at radius 2 is 2.00 bits per heavy atom. The van der Waals surface area contributed by atoms with E-state index in [1.165, 1.54) is 23.1 Å². The van der Waals surface area contributed by atoms with Crippen LogP contribution >= 0.6 is 23.1 Å². The first-order valence-corrected chi connectivity index (χ1v) is 12.1. The number of anilines is 1. The summed E-state index contributed by atoms with van der Waals surface area (Å²) in [5.74, 6) is -0.157. The van der Waals surface area contributed by atoms with Gasteiger partial charge >= 0.3 is 5.63 Å². The van der Waals surface area contributed by atoms with Crippen molar-refractivity contribution in [1.82, 2.24) is 20.4 Å². The van der Waals surface area contributed by atoms with Crippen LogP contribution < -0.4 is 15.8 Å². The Morgan fingerprint density at radius 1 is 1.21 bits per heavy atom. The van der Waals surface area contributed by atoms with Gasteiger partial charge in [0.15, 0.2) is 4.34 Å². The first kappa shape index (κ1) is 23.2. The second kappa shape index (κ2) is 10.8. The molecule has 2 aromatic heterocycles. The quantitative estimate of drug-likeness (QED) is 0.285. The van der Waals surface area contributed by atoms with E-state index in [1.54, 1.807) is 36.3 Å². The fourth-order valence-electron chi connectivity index (χ4n) is 3.34. The maximum atomic E-state index is 12.9. The highest BCUT2D eigenvalue weighted by Crippen LogP contribution is 2.28. The molecule has 1 saturated heterocycles. The summed E-state index contributed by atoms with van der Waals surface area (Å²) in [5.41, 5.74) is -0.125. The molecule has 1 fully saturated rings. The van der Waals surface area contributed by atoms with Gasteiger partial charge in [-0.1, -0.05) is 41.3 Å². The Kier molecular flexibility index (Phi) is 7.57. The normalized spacial score (nSPS) is 14.0. The molecular formula is C21H23N5O5S2. The van der Waals surface area contributed by atoms with Gasteiger partial charge in [-0.25, -0.2) is 4.79 Å². The second-order valence-corrected chi connectivity index (χ2v) is 9.43. The largest absolute Gasteiger partial charge is 0.422 e. The lowest BCUT2D eigenvalue weighted by Gasteiger charge is -2.34. The van der Waals surface area contributed by atoms with Crippen LogP contribution in [0, 0.1) is 0 Å². The number of fused-ring (bicyclic) bond motifs is 1. The molecule has 0 bridgehead atoms. The van der Waals surface area contributed by atoms with E-state index in [2.05, 4.69) is 15.5 Å². The van der Waals surface area contributed by atoms with Crippen molar-refractivity contribution in [2.45, 2.75) is 4.34 Å². The van der Waals surface area contributed by atoms with Crippen molar-refractivity contribution in [3.05, 3.63) is 46.3 Å². The van der Waals surface area contributed by atoms with E-state index in [1.807, 2.05) is 11.0 Å². The van der Waals surface area contributed by atoms with E-state index in [0.29, 0.717) is 54.6 Å². The molecule has 1 aliphatic rings. The smallest absolute Gasteiger partial charge is 0.349 e. The van der Waals surface area contributed by atoms with Crippen molar-refractivity contribution in [3.8, 4) is 0 Å². The van der Waals surface area contributed by atoms with Crippen LogP contribution in [0.1, 0.15) is 10.4 Å². The predicted octanol–water partition coefficient (Wildman–Crippen LogP) is 1.46. The minimum atomic E-state index is -0.627. The molecule has 4 rings (SSSR count). The van der Waals surface area contributed by atoms with Crippen LogP contribution in [0.25, 0.3) is 11.0 Å². The molecule has 0 aliphatic carbocycles. The number of rotatable bonds is 8. The van der Waals surface area contributed by atoms with Crippen LogP contribution in [0.2, 0.25) is 0 Å². The number of hydrogen-bond acceptors (Lipinski definition) is 10. The lowest BCUT2D eigenvalue weighted by Crippen LogP contribution is -2.49. The van der Waals surface area contributed by atoms with E-state index in [0.717, 1.165) is 5.13 Å². The number of piperazine rings is 1. The molecule has 3 aromatic rings. The Labute approximate surface area is 197 Å². The number of aromatic nitrogens is 2. The Morgan fingerprint density at radius 3 is 2.79 bits per heavy atom.